The second kappa shape index (κ2) is 3.23. The van der Waals surface area contributed by atoms with E-state index in [0.29, 0.717) is 0 Å². The Morgan fingerprint density at radius 3 is 2.57 bits per heavy atom. The van der Waals surface area contributed by atoms with Gasteiger partial charge in [-0.25, -0.2) is 0 Å². The fraction of sp³-hybridized carbons (Fsp3) is 0.400. The predicted molar refractivity (Wildman–Crippen MR) is 31.0 cm³/mol. The number of terminal acetylenes is 1. The Hall–Kier alpha value is -0.970. The predicted octanol–water partition coefficient (Wildman–Crippen LogP) is 0.167. The van der Waals surface area contributed by atoms with Crippen molar-refractivity contribution in [3.8, 4) is 12.5 Å². The van der Waals surface area contributed by atoms with Crippen molar-refractivity contribution in [2.45, 2.75) is 0 Å². The molecule has 0 aliphatic heterocycles. The summed E-state index contributed by atoms with van der Waals surface area (Å²) in [5, 5.41) is 0. The summed E-state index contributed by atoms with van der Waals surface area (Å²) in [5.74, 6) is 0. The minimum Gasteiger partial charge on any atom is -0.295 e. The average molecular weight is 96.1 g/mol. The summed E-state index contributed by atoms with van der Waals surface area (Å²) in [6.45, 7) is 0. The van der Waals surface area contributed by atoms with Crippen LogP contribution in [-0.4, -0.2) is 25.3 Å². The highest BCUT2D eigenvalue weighted by Crippen LogP contribution is 1.65. The third kappa shape index (κ3) is 2.84. The van der Waals surface area contributed by atoms with Crippen LogP contribution in [0.1, 0.15) is 0 Å². The molecule has 0 aromatic rings. The Labute approximate surface area is 43.9 Å². The van der Waals surface area contributed by atoms with Crippen molar-refractivity contribution in [3.63, 3.8) is 0 Å². The third-order valence-electron chi connectivity index (χ3n) is 0.492. The van der Waals surface area contributed by atoms with Crippen LogP contribution < -0.4 is 0 Å². The number of hydrogen-bond donors (Lipinski definition) is 0. The molecule has 0 rings (SSSR count). The molecule has 7 heavy (non-hydrogen) atoms. The van der Waals surface area contributed by atoms with Crippen LogP contribution >= 0.6 is 0 Å². The Morgan fingerprint density at radius 1 is 1.86 bits per heavy atom. The van der Waals surface area contributed by atoms with E-state index in [1.807, 2.05) is 0 Å². The summed E-state index contributed by atoms with van der Waals surface area (Å²) in [6.07, 6.45) is 6.51. The minimum absolute atomic E-state index is 1.54. The van der Waals surface area contributed by atoms with Crippen molar-refractivity contribution in [3.05, 3.63) is 0 Å². The first-order valence-electron chi connectivity index (χ1n) is 1.92. The van der Waals surface area contributed by atoms with Crippen LogP contribution in [0.25, 0.3) is 0 Å². The van der Waals surface area contributed by atoms with E-state index in [-0.39, 0.29) is 0 Å². The summed E-state index contributed by atoms with van der Waals surface area (Å²) >= 11 is 0. The lowest BCUT2D eigenvalue weighted by atomic mass is 10.9. The van der Waals surface area contributed by atoms with Gasteiger partial charge in [-0.15, -0.1) is 0 Å². The number of nitrogens with zero attached hydrogens (tertiary/aromatic N) is 2. The number of rotatable bonds is 1. The van der Waals surface area contributed by atoms with Crippen molar-refractivity contribution in [2.75, 3.05) is 14.1 Å². The normalized spacial score (nSPS) is 8.71. The molecule has 0 aromatic carbocycles. The van der Waals surface area contributed by atoms with E-state index < -0.39 is 0 Å². The maximum absolute atomic E-state index is 4.94. The van der Waals surface area contributed by atoms with Gasteiger partial charge in [-0.1, -0.05) is 6.42 Å². The van der Waals surface area contributed by atoms with E-state index in [0.717, 1.165) is 0 Å². The molecule has 0 radical (unpaired) electrons. The molecular weight excluding hydrogens is 88.1 g/mol. The maximum atomic E-state index is 4.94. The Morgan fingerprint density at radius 2 is 2.43 bits per heavy atom. The molecular formula is C5H8N2. The van der Waals surface area contributed by atoms with Crippen LogP contribution in [-0.2, 0) is 0 Å². The first-order valence-corrected chi connectivity index (χ1v) is 1.92. The maximum Gasteiger partial charge on any atom is 0.0959 e. The Balaban J connectivity index is 3.42. The van der Waals surface area contributed by atoms with Crippen LogP contribution in [0, 0.1) is 12.5 Å². The second-order valence-electron chi connectivity index (χ2n) is 1.11. The molecule has 0 atom stereocenters. The van der Waals surface area contributed by atoms with Gasteiger partial charge in [-0.2, -0.15) is 0 Å². The van der Waals surface area contributed by atoms with Crippen LogP contribution in [0.3, 0.4) is 0 Å². The van der Waals surface area contributed by atoms with Gasteiger partial charge >= 0.3 is 0 Å². The quantitative estimate of drug-likeness (QED) is 0.196. The van der Waals surface area contributed by atoms with Crippen molar-refractivity contribution in [1.29, 1.82) is 0 Å². The standard InChI is InChI=1S/C5H8N2/c1-4-7(3)5-6-2/h1,5H,2-3H3. The third-order valence-corrected chi connectivity index (χ3v) is 0.492. The van der Waals surface area contributed by atoms with Gasteiger partial charge in [-0.3, -0.25) is 9.89 Å². The highest BCUT2D eigenvalue weighted by molar-refractivity contribution is 5.56. The molecule has 0 aliphatic carbocycles. The van der Waals surface area contributed by atoms with E-state index in [4.69, 9.17) is 6.42 Å². The van der Waals surface area contributed by atoms with Gasteiger partial charge in [0, 0.05) is 20.1 Å². The Kier molecular flexibility index (Phi) is 2.78. The van der Waals surface area contributed by atoms with Crippen LogP contribution in [0.2, 0.25) is 0 Å². The molecule has 2 nitrogen and oxygen atoms in total. The summed E-state index contributed by atoms with van der Waals surface area (Å²) in [4.78, 5) is 5.21. The van der Waals surface area contributed by atoms with Crippen molar-refractivity contribution < 1.29 is 0 Å². The summed E-state index contributed by atoms with van der Waals surface area (Å²) < 4.78 is 0. The largest absolute Gasteiger partial charge is 0.295 e. The lowest BCUT2D eigenvalue weighted by molar-refractivity contribution is 0.750. The molecule has 2 heteroatoms. The highest BCUT2D eigenvalue weighted by atomic mass is 15.1. The van der Waals surface area contributed by atoms with E-state index >= 15 is 0 Å². The van der Waals surface area contributed by atoms with Gasteiger partial charge in [-0.05, 0) is 0 Å². The molecule has 0 bridgehead atoms. The van der Waals surface area contributed by atoms with Crippen LogP contribution in [0.5, 0.6) is 0 Å². The zero-order valence-electron chi connectivity index (χ0n) is 4.55. The molecule has 0 spiro atoms. The fourth-order valence-electron chi connectivity index (χ4n) is 0.207. The highest BCUT2D eigenvalue weighted by Gasteiger charge is 1.73. The summed E-state index contributed by atoms with van der Waals surface area (Å²) in [5.41, 5.74) is 0. The SMILES string of the molecule is C#CN(C)C=NC. The molecule has 0 fully saturated rings. The van der Waals surface area contributed by atoms with Gasteiger partial charge in [0.15, 0.2) is 0 Å². The Bertz CT molecular complexity index is 99.1. The lowest BCUT2D eigenvalue weighted by Crippen LogP contribution is -2.06. The van der Waals surface area contributed by atoms with E-state index in [2.05, 4.69) is 11.0 Å². The summed E-state index contributed by atoms with van der Waals surface area (Å²) in [7, 11) is 3.43. The second-order valence-corrected chi connectivity index (χ2v) is 1.11. The van der Waals surface area contributed by atoms with Crippen molar-refractivity contribution >= 4 is 6.34 Å². The van der Waals surface area contributed by atoms with Crippen molar-refractivity contribution in [1.82, 2.24) is 4.90 Å². The van der Waals surface area contributed by atoms with E-state index in [1.165, 1.54) is 0 Å². The first kappa shape index (κ1) is 6.03. The van der Waals surface area contributed by atoms with Gasteiger partial charge in [0.1, 0.15) is 0 Å². The lowest BCUT2D eigenvalue weighted by Gasteiger charge is -1.96. The molecule has 0 saturated heterocycles. The first-order chi connectivity index (χ1) is 3.31. The van der Waals surface area contributed by atoms with Gasteiger partial charge in [0.2, 0.25) is 0 Å². The molecule has 0 amide bonds. The van der Waals surface area contributed by atoms with Gasteiger partial charge in [0.25, 0.3) is 0 Å². The molecule has 0 unspecified atom stereocenters. The summed E-state index contributed by atoms with van der Waals surface area (Å²) in [6, 6.07) is 2.35. The molecule has 0 N–H and O–H groups in total. The van der Waals surface area contributed by atoms with Crippen LogP contribution in [0.15, 0.2) is 4.99 Å². The monoisotopic (exact) mass is 96.1 g/mol. The molecule has 38 valence electrons. The average Bonchev–Trinajstić information content (AvgIpc) is 1.68. The zero-order valence-corrected chi connectivity index (χ0v) is 4.55. The van der Waals surface area contributed by atoms with E-state index in [9.17, 15) is 0 Å². The fourth-order valence-corrected chi connectivity index (χ4v) is 0.207. The van der Waals surface area contributed by atoms with Gasteiger partial charge in [0.05, 0.1) is 6.34 Å². The van der Waals surface area contributed by atoms with Crippen molar-refractivity contribution in [2.24, 2.45) is 4.99 Å². The smallest absolute Gasteiger partial charge is 0.0959 e. The van der Waals surface area contributed by atoms with E-state index in [1.54, 1.807) is 25.3 Å². The minimum atomic E-state index is 1.54. The number of hydrogen-bond acceptors (Lipinski definition) is 1. The molecule has 0 aliphatic rings. The molecule has 0 saturated carbocycles. The molecule has 0 heterocycles. The number of aliphatic imine (C=N–C) groups is 1. The topological polar surface area (TPSA) is 15.6 Å². The zero-order chi connectivity index (χ0) is 5.70. The van der Waals surface area contributed by atoms with Gasteiger partial charge < -0.3 is 0 Å². The van der Waals surface area contributed by atoms with Crippen LogP contribution in [0.4, 0.5) is 0 Å². The molecule has 0 aromatic heterocycles.